The SMILES string of the molecule is O=S(=O)(c1ccccc1)c1cnc2c(N3CCCNCC3)cccc2c1. The van der Waals surface area contributed by atoms with Crippen molar-refractivity contribution in [1.29, 1.82) is 0 Å². The van der Waals surface area contributed by atoms with Gasteiger partial charge in [-0.2, -0.15) is 0 Å². The van der Waals surface area contributed by atoms with Crippen LogP contribution in [-0.2, 0) is 9.84 Å². The number of fused-ring (bicyclic) bond motifs is 1. The Morgan fingerprint density at radius 1 is 0.923 bits per heavy atom. The maximum absolute atomic E-state index is 12.9. The van der Waals surface area contributed by atoms with Gasteiger partial charge in [-0.25, -0.2) is 8.42 Å². The Kier molecular flexibility index (Phi) is 4.61. The second-order valence-electron chi connectivity index (χ2n) is 6.43. The highest BCUT2D eigenvalue weighted by Crippen LogP contribution is 2.29. The standard InChI is InChI=1S/C20H21N3O2S/c24-26(25,17-7-2-1-3-8-17)18-14-16-6-4-9-19(20(16)22-15-18)23-12-5-10-21-11-13-23/h1-4,6-9,14-15,21H,5,10-13H2. The molecule has 26 heavy (non-hydrogen) atoms. The molecule has 134 valence electrons. The van der Waals surface area contributed by atoms with Gasteiger partial charge in [0, 0.05) is 31.2 Å². The molecule has 0 atom stereocenters. The van der Waals surface area contributed by atoms with Crippen molar-refractivity contribution in [2.24, 2.45) is 0 Å². The van der Waals surface area contributed by atoms with Gasteiger partial charge in [0.25, 0.3) is 0 Å². The first-order valence-corrected chi connectivity index (χ1v) is 10.3. The first-order chi connectivity index (χ1) is 12.7. The minimum atomic E-state index is -3.56. The highest BCUT2D eigenvalue weighted by Gasteiger charge is 2.19. The number of nitrogens with zero attached hydrogens (tertiary/aromatic N) is 2. The molecule has 1 aliphatic rings. The van der Waals surface area contributed by atoms with Crippen LogP contribution in [0.25, 0.3) is 10.9 Å². The average molecular weight is 367 g/mol. The molecule has 0 aliphatic carbocycles. The Labute approximate surface area is 153 Å². The molecule has 0 bridgehead atoms. The number of hydrogen-bond acceptors (Lipinski definition) is 5. The minimum absolute atomic E-state index is 0.228. The maximum Gasteiger partial charge on any atom is 0.208 e. The van der Waals surface area contributed by atoms with Gasteiger partial charge >= 0.3 is 0 Å². The first-order valence-electron chi connectivity index (χ1n) is 8.81. The zero-order valence-corrected chi connectivity index (χ0v) is 15.2. The molecule has 1 N–H and O–H groups in total. The largest absolute Gasteiger partial charge is 0.368 e. The van der Waals surface area contributed by atoms with Crippen LogP contribution in [0, 0.1) is 0 Å². The van der Waals surface area contributed by atoms with Crippen molar-refractivity contribution < 1.29 is 8.42 Å². The number of hydrogen-bond donors (Lipinski definition) is 1. The van der Waals surface area contributed by atoms with Crippen LogP contribution in [0.4, 0.5) is 5.69 Å². The van der Waals surface area contributed by atoms with E-state index in [0.29, 0.717) is 0 Å². The lowest BCUT2D eigenvalue weighted by Crippen LogP contribution is -2.28. The van der Waals surface area contributed by atoms with Crippen LogP contribution in [0.1, 0.15) is 6.42 Å². The topological polar surface area (TPSA) is 62.3 Å². The minimum Gasteiger partial charge on any atom is -0.368 e. The highest BCUT2D eigenvalue weighted by molar-refractivity contribution is 7.91. The van der Waals surface area contributed by atoms with Crippen LogP contribution in [0.3, 0.4) is 0 Å². The third-order valence-corrected chi connectivity index (χ3v) is 6.45. The van der Waals surface area contributed by atoms with E-state index >= 15 is 0 Å². The second-order valence-corrected chi connectivity index (χ2v) is 8.38. The van der Waals surface area contributed by atoms with Gasteiger partial charge < -0.3 is 10.2 Å². The van der Waals surface area contributed by atoms with Gasteiger partial charge in [0.05, 0.1) is 21.0 Å². The Balaban J connectivity index is 1.77. The predicted octanol–water partition coefficient (Wildman–Crippen LogP) is 2.87. The van der Waals surface area contributed by atoms with E-state index in [0.717, 1.165) is 49.2 Å². The van der Waals surface area contributed by atoms with Crippen molar-refractivity contribution in [3.05, 3.63) is 60.8 Å². The number of pyridine rings is 1. The molecule has 2 heterocycles. The molecule has 0 saturated carbocycles. The van der Waals surface area contributed by atoms with Gasteiger partial charge in [-0.3, -0.25) is 4.98 Å². The van der Waals surface area contributed by atoms with Crippen LogP contribution in [-0.4, -0.2) is 39.6 Å². The monoisotopic (exact) mass is 367 g/mol. The van der Waals surface area contributed by atoms with Crippen molar-refractivity contribution >= 4 is 26.4 Å². The van der Waals surface area contributed by atoms with Crippen molar-refractivity contribution in [1.82, 2.24) is 10.3 Å². The summed E-state index contributed by atoms with van der Waals surface area (Å²) in [5, 5.41) is 4.25. The summed E-state index contributed by atoms with van der Waals surface area (Å²) in [5.74, 6) is 0. The molecule has 0 radical (unpaired) electrons. The molecule has 0 unspecified atom stereocenters. The number of sulfone groups is 1. The van der Waals surface area contributed by atoms with E-state index < -0.39 is 9.84 Å². The molecule has 1 fully saturated rings. The Bertz CT molecular complexity index is 1010. The number of anilines is 1. The zero-order valence-electron chi connectivity index (χ0n) is 14.4. The van der Waals surface area contributed by atoms with Crippen molar-refractivity contribution in [2.45, 2.75) is 16.2 Å². The van der Waals surface area contributed by atoms with Crippen molar-refractivity contribution in [3.63, 3.8) is 0 Å². The number of nitrogens with one attached hydrogen (secondary N) is 1. The first kappa shape index (κ1) is 17.0. The van der Waals surface area contributed by atoms with Crippen LogP contribution >= 0.6 is 0 Å². The second kappa shape index (κ2) is 7.05. The third-order valence-electron chi connectivity index (χ3n) is 4.71. The molecule has 1 saturated heterocycles. The molecule has 6 heteroatoms. The van der Waals surface area contributed by atoms with E-state index in [1.54, 1.807) is 36.4 Å². The maximum atomic E-state index is 12.9. The summed E-state index contributed by atoms with van der Waals surface area (Å²) >= 11 is 0. The van der Waals surface area contributed by atoms with E-state index in [1.165, 1.54) is 6.20 Å². The lowest BCUT2D eigenvalue weighted by atomic mass is 10.1. The van der Waals surface area contributed by atoms with Crippen molar-refractivity contribution in [2.75, 3.05) is 31.1 Å². The fourth-order valence-corrected chi connectivity index (χ4v) is 4.61. The smallest absolute Gasteiger partial charge is 0.208 e. The van der Waals surface area contributed by atoms with E-state index in [4.69, 9.17) is 0 Å². The molecule has 4 rings (SSSR count). The summed E-state index contributed by atoms with van der Waals surface area (Å²) in [6, 6.07) is 16.2. The van der Waals surface area contributed by atoms with Crippen LogP contribution < -0.4 is 10.2 Å². The van der Waals surface area contributed by atoms with E-state index in [9.17, 15) is 8.42 Å². The summed E-state index contributed by atoms with van der Waals surface area (Å²) in [7, 11) is -3.56. The summed E-state index contributed by atoms with van der Waals surface area (Å²) in [5.41, 5.74) is 1.91. The Hall–Kier alpha value is -2.44. The van der Waals surface area contributed by atoms with E-state index in [2.05, 4.69) is 21.3 Å². The fraction of sp³-hybridized carbons (Fsp3) is 0.250. The average Bonchev–Trinajstić information content (AvgIpc) is 2.97. The molecule has 1 aromatic heterocycles. The lowest BCUT2D eigenvalue weighted by molar-refractivity contribution is 0.596. The molecule has 2 aromatic carbocycles. The summed E-state index contributed by atoms with van der Waals surface area (Å²) in [4.78, 5) is 7.37. The highest BCUT2D eigenvalue weighted by atomic mass is 32.2. The van der Waals surface area contributed by atoms with Gasteiger partial charge in [0.15, 0.2) is 0 Å². The van der Waals surface area contributed by atoms with Gasteiger partial charge in [-0.15, -0.1) is 0 Å². The molecular formula is C20H21N3O2S. The van der Waals surface area contributed by atoms with Gasteiger partial charge in [-0.05, 0) is 37.2 Å². The Morgan fingerprint density at radius 3 is 2.62 bits per heavy atom. The summed E-state index contributed by atoms with van der Waals surface area (Å²) in [6.45, 7) is 3.85. The van der Waals surface area contributed by atoms with Gasteiger partial charge in [-0.1, -0.05) is 30.3 Å². The summed E-state index contributed by atoms with van der Waals surface area (Å²) < 4.78 is 25.7. The van der Waals surface area contributed by atoms with Crippen LogP contribution in [0.2, 0.25) is 0 Å². The van der Waals surface area contributed by atoms with Crippen LogP contribution in [0.15, 0.2) is 70.6 Å². The Morgan fingerprint density at radius 2 is 1.77 bits per heavy atom. The van der Waals surface area contributed by atoms with E-state index in [1.807, 2.05) is 12.1 Å². The van der Waals surface area contributed by atoms with Crippen molar-refractivity contribution in [3.8, 4) is 0 Å². The van der Waals surface area contributed by atoms with Crippen LogP contribution in [0.5, 0.6) is 0 Å². The summed E-state index contributed by atoms with van der Waals surface area (Å²) in [6.07, 6.45) is 2.56. The number of aromatic nitrogens is 1. The number of para-hydroxylation sites is 1. The normalized spacial score (nSPS) is 15.8. The van der Waals surface area contributed by atoms with E-state index in [-0.39, 0.29) is 9.79 Å². The molecular weight excluding hydrogens is 346 g/mol. The quantitative estimate of drug-likeness (QED) is 0.771. The van der Waals surface area contributed by atoms with Gasteiger partial charge in [0.2, 0.25) is 9.84 Å². The number of benzene rings is 2. The molecule has 0 spiro atoms. The third kappa shape index (κ3) is 3.18. The molecule has 3 aromatic rings. The molecule has 5 nitrogen and oxygen atoms in total. The van der Waals surface area contributed by atoms with Gasteiger partial charge in [0.1, 0.15) is 0 Å². The zero-order chi connectivity index (χ0) is 18.0. The molecule has 1 aliphatic heterocycles. The predicted molar refractivity (Wildman–Crippen MR) is 103 cm³/mol. The fourth-order valence-electron chi connectivity index (χ4n) is 3.35. The number of rotatable bonds is 3. The molecule has 0 amide bonds. The lowest BCUT2D eigenvalue weighted by Gasteiger charge is -2.23.